The number of ketones is 2. The Balaban J connectivity index is 1.96. The number of carbonyl (C=O) groups excluding carboxylic acids is 3. The molecular weight excluding hydrogens is 401 g/mol. The van der Waals surface area contributed by atoms with Crippen LogP contribution in [0.2, 0.25) is 0 Å². The average Bonchev–Trinajstić information content (AvgIpc) is 2.70. The number of phenolic OH excluding ortho intramolecular Hbond substituents is 1. The summed E-state index contributed by atoms with van der Waals surface area (Å²) in [7, 11) is 2.14. The monoisotopic (exact) mass is 429 g/mol. The fourth-order valence-corrected chi connectivity index (χ4v) is 2.98. The summed E-state index contributed by atoms with van der Waals surface area (Å²) >= 11 is 0. The molecule has 0 aliphatic heterocycles. The molecule has 0 aliphatic rings. The number of benzene rings is 2. The molecule has 1 unspecified atom stereocenters. The zero-order chi connectivity index (χ0) is 22.3. The van der Waals surface area contributed by atoms with E-state index < -0.39 is 5.78 Å². The van der Waals surface area contributed by atoms with Gasteiger partial charge in [0, 0.05) is 18.1 Å². The number of nitrogens with one attached hydrogen (secondary N) is 1. The molecule has 2 aromatic carbocycles. The van der Waals surface area contributed by atoms with Gasteiger partial charge in [-0.15, -0.1) is 0 Å². The van der Waals surface area contributed by atoms with Gasteiger partial charge in [-0.1, -0.05) is 45.0 Å². The van der Waals surface area contributed by atoms with Crippen LogP contribution in [-0.2, 0) is 10.2 Å². The van der Waals surface area contributed by atoms with Crippen molar-refractivity contribution in [1.82, 2.24) is 5.09 Å². The van der Waals surface area contributed by atoms with Crippen LogP contribution in [0.5, 0.6) is 11.5 Å². The van der Waals surface area contributed by atoms with E-state index >= 15 is 0 Å². The summed E-state index contributed by atoms with van der Waals surface area (Å²) in [4.78, 5) is 36.1. The summed E-state index contributed by atoms with van der Waals surface area (Å²) in [6.07, 6.45) is 0.516. The Morgan fingerprint density at radius 3 is 2.27 bits per heavy atom. The molecule has 30 heavy (non-hydrogen) atoms. The first-order valence-corrected chi connectivity index (χ1v) is 10.3. The van der Waals surface area contributed by atoms with Crippen molar-refractivity contribution in [2.45, 2.75) is 45.4 Å². The molecule has 1 amide bonds. The van der Waals surface area contributed by atoms with E-state index in [-0.39, 0.29) is 34.8 Å². The van der Waals surface area contributed by atoms with Crippen LogP contribution in [0.15, 0.2) is 42.5 Å². The molecule has 2 N–H and O–H groups in total. The number of ether oxygens (including phenoxy) is 1. The summed E-state index contributed by atoms with van der Waals surface area (Å²) < 4.78 is 5.48. The number of aromatic hydroxyl groups is 1. The first-order valence-electron chi connectivity index (χ1n) is 9.74. The van der Waals surface area contributed by atoms with E-state index in [4.69, 9.17) is 4.74 Å². The van der Waals surface area contributed by atoms with Crippen LogP contribution in [0.25, 0.3) is 0 Å². The van der Waals surface area contributed by atoms with Gasteiger partial charge in [-0.3, -0.25) is 14.4 Å². The Morgan fingerprint density at radius 2 is 1.70 bits per heavy atom. The average molecular weight is 429 g/mol. The highest BCUT2D eigenvalue weighted by Gasteiger charge is 2.19. The van der Waals surface area contributed by atoms with Gasteiger partial charge >= 0.3 is 0 Å². The molecular formula is C23H28NO5P. The fourth-order valence-electron chi connectivity index (χ4n) is 2.83. The van der Waals surface area contributed by atoms with Crippen LogP contribution >= 0.6 is 9.39 Å². The summed E-state index contributed by atoms with van der Waals surface area (Å²) in [5, 5.41) is 12.6. The standard InChI is InChI=1S/C23H28NO5P/c1-23(2,3)16-8-6-15(7-9-16)19(25)14-21(27)18-11-10-17(13-20(18)26)29-12-4-5-22(28)24-30/h6-11,13,26H,4-5,12,14,30H2,1-3H3,(H,24,28). The first kappa shape index (κ1) is 23.6. The first-order chi connectivity index (χ1) is 14.1. The van der Waals surface area contributed by atoms with Crippen LogP contribution < -0.4 is 9.82 Å². The maximum Gasteiger partial charge on any atom is 0.222 e. The predicted octanol–water partition coefficient (Wildman–Crippen LogP) is 4.21. The van der Waals surface area contributed by atoms with Crippen molar-refractivity contribution in [3.8, 4) is 11.5 Å². The lowest BCUT2D eigenvalue weighted by atomic mass is 9.86. The molecule has 0 spiro atoms. The van der Waals surface area contributed by atoms with Gasteiger partial charge in [-0.05, 0) is 38.9 Å². The minimum absolute atomic E-state index is 0.0194. The molecule has 0 radical (unpaired) electrons. The number of phenols is 1. The number of hydrogen-bond acceptors (Lipinski definition) is 5. The van der Waals surface area contributed by atoms with Crippen LogP contribution in [-0.4, -0.2) is 29.2 Å². The van der Waals surface area contributed by atoms with Gasteiger partial charge in [0.1, 0.15) is 11.5 Å². The Hall–Kier alpha value is -2.72. The van der Waals surface area contributed by atoms with E-state index in [0.29, 0.717) is 30.8 Å². The summed E-state index contributed by atoms with van der Waals surface area (Å²) in [5.41, 5.74) is 1.62. The van der Waals surface area contributed by atoms with E-state index in [0.717, 1.165) is 5.56 Å². The number of Topliss-reactive ketones (excluding diaryl/α,β-unsaturated/α-hetero) is 2. The Morgan fingerprint density at radius 1 is 1.03 bits per heavy atom. The lowest BCUT2D eigenvalue weighted by Crippen LogP contribution is -2.13. The molecule has 0 fully saturated rings. The third kappa shape index (κ3) is 6.67. The van der Waals surface area contributed by atoms with Crippen molar-refractivity contribution in [1.29, 1.82) is 0 Å². The fraction of sp³-hybridized carbons (Fsp3) is 0.348. The van der Waals surface area contributed by atoms with Gasteiger partial charge in [0.25, 0.3) is 0 Å². The highest BCUT2D eigenvalue weighted by molar-refractivity contribution is 7.15. The van der Waals surface area contributed by atoms with Crippen molar-refractivity contribution < 1.29 is 24.2 Å². The van der Waals surface area contributed by atoms with Crippen molar-refractivity contribution in [2.75, 3.05) is 6.61 Å². The molecule has 0 saturated carbocycles. The number of carbonyl (C=O) groups is 3. The summed E-state index contributed by atoms with van der Waals surface area (Å²) in [6.45, 7) is 6.56. The van der Waals surface area contributed by atoms with E-state index in [1.165, 1.54) is 12.1 Å². The topological polar surface area (TPSA) is 92.7 Å². The zero-order valence-electron chi connectivity index (χ0n) is 17.5. The van der Waals surface area contributed by atoms with Crippen LogP contribution in [0, 0.1) is 0 Å². The SMILES string of the molecule is CC(C)(C)c1ccc(C(=O)CC(=O)c2ccc(OCCCC(=O)NP)cc2O)cc1. The van der Waals surface area contributed by atoms with Gasteiger partial charge < -0.3 is 14.9 Å². The lowest BCUT2D eigenvalue weighted by molar-refractivity contribution is -0.119. The Kier molecular flexibility index (Phi) is 8.13. The minimum atomic E-state index is -0.457. The molecule has 7 heteroatoms. The number of rotatable bonds is 9. The van der Waals surface area contributed by atoms with Gasteiger partial charge in [-0.25, -0.2) is 0 Å². The molecule has 0 aliphatic carbocycles. The van der Waals surface area contributed by atoms with E-state index in [1.807, 2.05) is 12.1 Å². The minimum Gasteiger partial charge on any atom is -0.507 e. The predicted molar refractivity (Wildman–Crippen MR) is 119 cm³/mol. The molecule has 0 bridgehead atoms. The molecule has 0 aromatic heterocycles. The van der Waals surface area contributed by atoms with Crippen molar-refractivity contribution in [3.05, 3.63) is 59.2 Å². The van der Waals surface area contributed by atoms with E-state index in [1.54, 1.807) is 18.2 Å². The normalized spacial score (nSPS) is 11.1. The molecule has 1 atom stereocenters. The smallest absolute Gasteiger partial charge is 0.222 e. The maximum absolute atomic E-state index is 12.5. The van der Waals surface area contributed by atoms with Gasteiger partial charge in [-0.2, -0.15) is 0 Å². The van der Waals surface area contributed by atoms with Gasteiger partial charge in [0.05, 0.1) is 18.6 Å². The number of hydrogen-bond donors (Lipinski definition) is 2. The Bertz CT molecular complexity index is 916. The molecule has 0 heterocycles. The Labute approximate surface area is 179 Å². The molecule has 160 valence electrons. The van der Waals surface area contributed by atoms with Gasteiger partial charge in [0.15, 0.2) is 11.6 Å². The molecule has 2 aromatic rings. The quantitative estimate of drug-likeness (QED) is 0.270. The van der Waals surface area contributed by atoms with E-state index in [9.17, 15) is 19.5 Å². The second-order valence-electron chi connectivity index (χ2n) is 8.05. The number of amides is 1. The summed E-state index contributed by atoms with van der Waals surface area (Å²) in [5.74, 6) is -0.714. The largest absolute Gasteiger partial charge is 0.507 e. The van der Waals surface area contributed by atoms with Gasteiger partial charge in [0.2, 0.25) is 5.91 Å². The van der Waals surface area contributed by atoms with Crippen molar-refractivity contribution >= 4 is 26.9 Å². The van der Waals surface area contributed by atoms with Crippen LogP contribution in [0.4, 0.5) is 0 Å². The molecule has 6 nitrogen and oxygen atoms in total. The van der Waals surface area contributed by atoms with Crippen LogP contribution in [0.1, 0.15) is 66.3 Å². The third-order valence-corrected chi connectivity index (χ3v) is 4.96. The molecule has 2 rings (SSSR count). The second kappa shape index (κ2) is 10.4. The molecule has 0 saturated heterocycles. The van der Waals surface area contributed by atoms with E-state index in [2.05, 4.69) is 35.2 Å². The second-order valence-corrected chi connectivity index (χ2v) is 8.34. The van der Waals surface area contributed by atoms with Crippen LogP contribution in [0.3, 0.4) is 0 Å². The lowest BCUT2D eigenvalue weighted by Gasteiger charge is -2.18. The third-order valence-electron chi connectivity index (χ3n) is 4.64. The zero-order valence-corrected chi connectivity index (χ0v) is 18.7. The maximum atomic E-state index is 12.5. The highest BCUT2D eigenvalue weighted by Crippen LogP contribution is 2.26. The van der Waals surface area contributed by atoms with Crippen molar-refractivity contribution in [3.63, 3.8) is 0 Å². The summed E-state index contributed by atoms with van der Waals surface area (Å²) in [6, 6.07) is 11.6. The van der Waals surface area contributed by atoms with Crippen molar-refractivity contribution in [2.24, 2.45) is 0 Å². The highest BCUT2D eigenvalue weighted by atomic mass is 31.0.